The van der Waals surface area contributed by atoms with E-state index in [2.05, 4.69) is 31.4 Å². The summed E-state index contributed by atoms with van der Waals surface area (Å²) < 4.78 is 7.01. The number of fused-ring (bicyclic) bond motifs is 1. The fourth-order valence-electron chi connectivity index (χ4n) is 4.55. The van der Waals surface area contributed by atoms with E-state index in [0.717, 1.165) is 34.9 Å². The van der Waals surface area contributed by atoms with Crippen molar-refractivity contribution in [2.24, 2.45) is 17.8 Å². The summed E-state index contributed by atoms with van der Waals surface area (Å²) in [5.41, 5.74) is 1.01. The third kappa shape index (κ3) is 6.23. The quantitative estimate of drug-likeness (QED) is 0.546. The van der Waals surface area contributed by atoms with Crippen molar-refractivity contribution in [1.29, 1.82) is 5.26 Å². The van der Waals surface area contributed by atoms with Gasteiger partial charge in [0.1, 0.15) is 12.1 Å². The molecule has 6 nitrogen and oxygen atoms in total. The van der Waals surface area contributed by atoms with Crippen LogP contribution in [0, 0.1) is 29.1 Å². The lowest BCUT2D eigenvalue weighted by Gasteiger charge is -2.36. The van der Waals surface area contributed by atoms with Crippen molar-refractivity contribution in [1.82, 2.24) is 10.6 Å². The average Bonchev–Trinajstić information content (AvgIpc) is 3.16. The van der Waals surface area contributed by atoms with Gasteiger partial charge in [0.15, 0.2) is 0 Å². The highest BCUT2D eigenvalue weighted by Gasteiger charge is 2.34. The van der Waals surface area contributed by atoms with Gasteiger partial charge in [0.05, 0.1) is 12.5 Å². The molecule has 0 radical (unpaired) electrons. The number of nitrogens with zero attached hydrogens (tertiary/aromatic N) is 1. The van der Waals surface area contributed by atoms with Gasteiger partial charge in [-0.15, -0.1) is 11.3 Å². The van der Waals surface area contributed by atoms with Gasteiger partial charge >= 0.3 is 6.09 Å². The van der Waals surface area contributed by atoms with E-state index in [1.807, 2.05) is 35.7 Å². The lowest BCUT2D eigenvalue weighted by Crippen LogP contribution is -2.49. The van der Waals surface area contributed by atoms with Crippen LogP contribution in [0.15, 0.2) is 29.6 Å². The van der Waals surface area contributed by atoms with Crippen LogP contribution in [0.4, 0.5) is 4.79 Å². The molecule has 1 saturated carbocycles. The fourth-order valence-corrected chi connectivity index (χ4v) is 5.52. The Labute approximate surface area is 194 Å². The van der Waals surface area contributed by atoms with Crippen molar-refractivity contribution < 1.29 is 14.3 Å². The van der Waals surface area contributed by atoms with Crippen molar-refractivity contribution in [3.05, 3.63) is 35.2 Å². The zero-order valence-electron chi connectivity index (χ0n) is 19.1. The fraction of sp³-hybridized carbons (Fsp3) is 0.560. The maximum atomic E-state index is 12.9. The Hall–Kier alpha value is -2.59. The van der Waals surface area contributed by atoms with Crippen molar-refractivity contribution in [2.75, 3.05) is 6.54 Å². The normalized spacial score (nSPS) is 21.7. The molecule has 1 aliphatic carbocycles. The number of carbonyl (C=O) groups is 2. The second-order valence-corrected chi connectivity index (χ2v) is 10.0. The number of ether oxygens (including phenoxy) is 1. The molecule has 0 saturated heterocycles. The van der Waals surface area contributed by atoms with Gasteiger partial charge in [0, 0.05) is 17.7 Å². The summed E-state index contributed by atoms with van der Waals surface area (Å²) in [5.74, 6) is 0.984. The summed E-state index contributed by atoms with van der Waals surface area (Å²) in [6.45, 7) is 6.78. The summed E-state index contributed by atoms with van der Waals surface area (Å²) >= 11 is 1.62. The van der Waals surface area contributed by atoms with Gasteiger partial charge in [0.25, 0.3) is 0 Å². The Balaban J connectivity index is 1.71. The number of carbonyl (C=O) groups excluding carboxylic acids is 2. The molecule has 32 heavy (non-hydrogen) atoms. The first-order valence-corrected chi connectivity index (χ1v) is 12.3. The second kappa shape index (κ2) is 11.3. The highest BCUT2D eigenvalue weighted by atomic mass is 32.1. The molecular weight excluding hydrogens is 422 g/mol. The average molecular weight is 456 g/mol. The number of amides is 2. The molecule has 4 atom stereocenters. The lowest BCUT2D eigenvalue weighted by molar-refractivity contribution is -0.123. The third-order valence-electron chi connectivity index (χ3n) is 6.35. The number of hydrogen-bond donors (Lipinski definition) is 2. The molecule has 1 aliphatic rings. The Morgan fingerprint density at radius 2 is 2.06 bits per heavy atom. The first-order chi connectivity index (χ1) is 15.4. The predicted molar refractivity (Wildman–Crippen MR) is 127 cm³/mol. The van der Waals surface area contributed by atoms with Crippen molar-refractivity contribution in [3.63, 3.8) is 0 Å². The summed E-state index contributed by atoms with van der Waals surface area (Å²) in [5, 5.41) is 17.5. The number of alkyl carbamates (subject to hydrolysis) is 1. The van der Waals surface area contributed by atoms with E-state index in [0.29, 0.717) is 24.2 Å². The number of rotatable bonds is 8. The molecule has 1 aromatic carbocycles. The molecule has 2 aromatic rings. The van der Waals surface area contributed by atoms with E-state index in [1.165, 1.54) is 0 Å². The van der Waals surface area contributed by atoms with Crippen LogP contribution in [0.1, 0.15) is 52.0 Å². The maximum absolute atomic E-state index is 12.9. The predicted octanol–water partition coefficient (Wildman–Crippen LogP) is 5.03. The maximum Gasteiger partial charge on any atom is 0.408 e. The van der Waals surface area contributed by atoms with Gasteiger partial charge in [-0.05, 0) is 53.0 Å². The first kappa shape index (κ1) is 24.1. The van der Waals surface area contributed by atoms with Crippen LogP contribution in [0.5, 0.6) is 0 Å². The van der Waals surface area contributed by atoms with Crippen LogP contribution in [-0.2, 0) is 16.0 Å². The van der Waals surface area contributed by atoms with Gasteiger partial charge in [-0.3, -0.25) is 4.79 Å². The summed E-state index contributed by atoms with van der Waals surface area (Å²) in [7, 11) is 0. The van der Waals surface area contributed by atoms with E-state index in [4.69, 9.17) is 10.00 Å². The molecule has 1 aromatic heterocycles. The summed E-state index contributed by atoms with van der Waals surface area (Å²) in [6, 6.07) is 9.29. The number of nitriles is 1. The molecule has 1 fully saturated rings. The number of nitrogens with one attached hydrogen (secondary N) is 2. The zero-order chi connectivity index (χ0) is 23.1. The number of hydrogen-bond acceptors (Lipinski definition) is 5. The molecule has 2 amide bonds. The highest BCUT2D eigenvalue weighted by molar-refractivity contribution is 7.17. The van der Waals surface area contributed by atoms with E-state index in [-0.39, 0.29) is 25.0 Å². The number of benzene rings is 1. The zero-order valence-corrected chi connectivity index (χ0v) is 19.9. The van der Waals surface area contributed by atoms with E-state index < -0.39 is 12.1 Å². The Morgan fingerprint density at radius 1 is 1.28 bits per heavy atom. The molecule has 2 N–H and O–H groups in total. The standard InChI is InChI=1S/C25H33N3O3S/c1-16(2)19-10-9-17(3)13-22(19)31-25(30)28-21(24(29)27-12-6-11-26)14-18-15-32-23-8-5-4-7-20(18)23/h4-5,7-8,15-17,19,21-22H,6,9-10,12-14H2,1-3H3,(H,27,29)(H,28,30). The molecule has 0 aliphatic heterocycles. The van der Waals surface area contributed by atoms with Crippen molar-refractivity contribution in [3.8, 4) is 6.07 Å². The largest absolute Gasteiger partial charge is 0.446 e. The Morgan fingerprint density at radius 3 is 2.81 bits per heavy atom. The van der Waals surface area contributed by atoms with E-state index >= 15 is 0 Å². The topological polar surface area (TPSA) is 91.2 Å². The van der Waals surface area contributed by atoms with Gasteiger partial charge in [0.2, 0.25) is 5.91 Å². The summed E-state index contributed by atoms with van der Waals surface area (Å²) in [4.78, 5) is 25.7. The monoisotopic (exact) mass is 455 g/mol. The minimum atomic E-state index is -0.766. The molecule has 1 heterocycles. The van der Waals surface area contributed by atoms with Crippen LogP contribution in [0.25, 0.3) is 10.1 Å². The Bertz CT molecular complexity index is 965. The molecule has 7 heteroatoms. The minimum Gasteiger partial charge on any atom is -0.446 e. The van der Waals surface area contributed by atoms with Crippen LogP contribution < -0.4 is 10.6 Å². The smallest absolute Gasteiger partial charge is 0.408 e. The van der Waals surface area contributed by atoms with Gasteiger partial charge < -0.3 is 15.4 Å². The molecular formula is C25H33N3O3S. The summed E-state index contributed by atoms with van der Waals surface area (Å²) in [6.07, 6.45) is 2.96. The van der Waals surface area contributed by atoms with Crippen molar-refractivity contribution in [2.45, 2.75) is 65.0 Å². The van der Waals surface area contributed by atoms with Gasteiger partial charge in [-0.2, -0.15) is 5.26 Å². The molecule has 0 spiro atoms. The molecule has 4 unspecified atom stereocenters. The first-order valence-electron chi connectivity index (χ1n) is 11.5. The molecule has 172 valence electrons. The second-order valence-electron chi connectivity index (χ2n) is 9.13. The van der Waals surface area contributed by atoms with Gasteiger partial charge in [-0.1, -0.05) is 45.4 Å². The van der Waals surface area contributed by atoms with E-state index in [1.54, 1.807) is 11.3 Å². The van der Waals surface area contributed by atoms with E-state index in [9.17, 15) is 9.59 Å². The molecule has 3 rings (SSSR count). The van der Waals surface area contributed by atoms with Crippen LogP contribution in [0.2, 0.25) is 0 Å². The van der Waals surface area contributed by atoms with Crippen LogP contribution in [0.3, 0.4) is 0 Å². The van der Waals surface area contributed by atoms with Crippen LogP contribution >= 0.6 is 11.3 Å². The van der Waals surface area contributed by atoms with Crippen LogP contribution in [-0.4, -0.2) is 30.7 Å². The van der Waals surface area contributed by atoms with Gasteiger partial charge in [-0.25, -0.2) is 4.79 Å². The molecule has 0 bridgehead atoms. The minimum absolute atomic E-state index is 0.136. The lowest BCUT2D eigenvalue weighted by atomic mass is 9.75. The SMILES string of the molecule is CC1CCC(C(C)C)C(OC(=O)NC(Cc2csc3ccccc23)C(=O)NCCC#N)C1. The number of thiophene rings is 1. The van der Waals surface area contributed by atoms with Crippen molar-refractivity contribution >= 4 is 33.4 Å². The third-order valence-corrected chi connectivity index (χ3v) is 7.36. The highest BCUT2D eigenvalue weighted by Crippen LogP contribution is 2.35. The Kier molecular flexibility index (Phi) is 8.52.